The molecular weight excluding hydrogens is 270 g/mol. The summed E-state index contributed by atoms with van der Waals surface area (Å²) < 4.78 is 1.79. The number of carbonyl (C=O) groups excluding carboxylic acids is 1. The molecule has 4 nitrogen and oxygen atoms in total. The molecule has 104 valence electrons. The third kappa shape index (κ3) is 2.12. The molecule has 3 rings (SSSR count). The van der Waals surface area contributed by atoms with Crippen LogP contribution in [0.5, 0.6) is 0 Å². The van der Waals surface area contributed by atoms with E-state index in [0.717, 1.165) is 22.6 Å². The quantitative estimate of drug-likeness (QED) is 0.862. The van der Waals surface area contributed by atoms with E-state index in [2.05, 4.69) is 17.7 Å². The van der Waals surface area contributed by atoms with Crippen molar-refractivity contribution in [2.24, 2.45) is 7.05 Å². The van der Waals surface area contributed by atoms with Gasteiger partial charge in [0.25, 0.3) is 0 Å². The first-order valence-electron chi connectivity index (χ1n) is 6.65. The first kappa shape index (κ1) is 13.2. The molecule has 0 spiro atoms. The Balaban J connectivity index is 2.14. The minimum absolute atomic E-state index is 0.0985. The summed E-state index contributed by atoms with van der Waals surface area (Å²) in [7, 11) is 1.88. The Morgan fingerprint density at radius 2 is 2.00 bits per heavy atom. The molecule has 5 heteroatoms. The summed E-state index contributed by atoms with van der Waals surface area (Å²) in [5, 5.41) is 4.59. The van der Waals surface area contributed by atoms with E-state index >= 15 is 0 Å². The van der Waals surface area contributed by atoms with Crippen LogP contribution in [0.1, 0.15) is 12.1 Å². The Morgan fingerprint density at radius 1 is 1.30 bits per heavy atom. The predicted molar refractivity (Wildman–Crippen MR) is 83.1 cm³/mol. The molecule has 0 saturated carbocycles. The van der Waals surface area contributed by atoms with Gasteiger partial charge in [0, 0.05) is 30.8 Å². The number of anilines is 1. The van der Waals surface area contributed by atoms with Crippen molar-refractivity contribution in [3.63, 3.8) is 0 Å². The number of nitrogens with zero attached hydrogens (tertiary/aromatic N) is 3. The maximum absolute atomic E-state index is 12.2. The number of aryl methyl sites for hydroxylation is 2. The Morgan fingerprint density at radius 3 is 2.60 bits per heavy atom. The van der Waals surface area contributed by atoms with E-state index in [1.807, 2.05) is 44.3 Å². The van der Waals surface area contributed by atoms with E-state index in [4.69, 9.17) is 0 Å². The molecule has 2 aromatic rings. The van der Waals surface area contributed by atoms with Gasteiger partial charge in [-0.25, -0.2) is 0 Å². The second kappa shape index (κ2) is 4.98. The van der Waals surface area contributed by atoms with Crippen LogP contribution < -0.4 is 4.90 Å². The van der Waals surface area contributed by atoms with Crippen LogP contribution in [-0.2, 0) is 11.8 Å². The lowest BCUT2D eigenvalue weighted by atomic mass is 10.1. The molecular formula is C15H17N3OS. The largest absolute Gasteiger partial charge is 0.295 e. The third-order valence-corrected chi connectivity index (χ3v) is 3.96. The first-order valence-corrected chi connectivity index (χ1v) is 7.17. The normalized spacial score (nSPS) is 18.9. The lowest BCUT2D eigenvalue weighted by Gasteiger charge is -2.18. The van der Waals surface area contributed by atoms with Crippen molar-refractivity contribution < 1.29 is 4.79 Å². The number of rotatable bonds is 2. The van der Waals surface area contributed by atoms with Gasteiger partial charge in [-0.1, -0.05) is 30.3 Å². The average molecular weight is 287 g/mol. The lowest BCUT2D eigenvalue weighted by molar-refractivity contribution is -0.117. The van der Waals surface area contributed by atoms with Gasteiger partial charge in [-0.15, -0.1) is 0 Å². The van der Waals surface area contributed by atoms with Crippen LogP contribution in [0.2, 0.25) is 0 Å². The number of hydrogen-bond donors (Lipinski definition) is 1. The van der Waals surface area contributed by atoms with Gasteiger partial charge in [0.15, 0.2) is 0 Å². The summed E-state index contributed by atoms with van der Waals surface area (Å²) >= 11 is 4.43. The van der Waals surface area contributed by atoms with Gasteiger partial charge in [-0.3, -0.25) is 14.4 Å². The molecule has 1 aromatic heterocycles. The van der Waals surface area contributed by atoms with E-state index in [1.165, 1.54) is 0 Å². The fourth-order valence-electron chi connectivity index (χ4n) is 2.79. The van der Waals surface area contributed by atoms with Crippen LogP contribution in [0.15, 0.2) is 30.3 Å². The molecule has 2 heterocycles. The molecule has 0 N–H and O–H groups in total. The van der Waals surface area contributed by atoms with Crippen molar-refractivity contribution in [1.82, 2.24) is 9.78 Å². The van der Waals surface area contributed by atoms with Crippen LogP contribution in [-0.4, -0.2) is 27.5 Å². The van der Waals surface area contributed by atoms with Gasteiger partial charge in [0.1, 0.15) is 5.82 Å². The molecule has 1 aliphatic rings. The van der Waals surface area contributed by atoms with Crippen LogP contribution >= 0.6 is 12.6 Å². The molecule has 0 aliphatic carbocycles. The number of amides is 1. The highest BCUT2D eigenvalue weighted by Crippen LogP contribution is 2.36. The maximum atomic E-state index is 12.2. The van der Waals surface area contributed by atoms with Gasteiger partial charge in [0.2, 0.25) is 5.91 Å². The summed E-state index contributed by atoms with van der Waals surface area (Å²) in [6.07, 6.45) is 0.488. The molecule has 1 aromatic carbocycles. The highest BCUT2D eigenvalue weighted by Gasteiger charge is 2.32. The molecule has 1 saturated heterocycles. The monoisotopic (exact) mass is 287 g/mol. The van der Waals surface area contributed by atoms with Crippen molar-refractivity contribution in [3.8, 4) is 11.1 Å². The van der Waals surface area contributed by atoms with E-state index in [9.17, 15) is 4.79 Å². The highest BCUT2D eigenvalue weighted by molar-refractivity contribution is 7.81. The van der Waals surface area contributed by atoms with E-state index in [-0.39, 0.29) is 11.2 Å². The van der Waals surface area contributed by atoms with Crippen LogP contribution in [0.3, 0.4) is 0 Å². The number of aromatic nitrogens is 2. The topological polar surface area (TPSA) is 38.1 Å². The predicted octanol–water partition coefficient (Wildman–Crippen LogP) is 2.43. The second-order valence-corrected chi connectivity index (χ2v) is 5.87. The maximum Gasteiger partial charge on any atom is 0.229 e. The number of hydrogen-bond acceptors (Lipinski definition) is 3. The van der Waals surface area contributed by atoms with Crippen LogP contribution in [0.4, 0.5) is 5.82 Å². The van der Waals surface area contributed by atoms with Gasteiger partial charge >= 0.3 is 0 Å². The second-order valence-electron chi connectivity index (χ2n) is 5.14. The summed E-state index contributed by atoms with van der Waals surface area (Å²) in [5.41, 5.74) is 3.05. The third-order valence-electron chi connectivity index (χ3n) is 3.61. The lowest BCUT2D eigenvalue weighted by Crippen LogP contribution is -2.27. The molecule has 1 aliphatic heterocycles. The van der Waals surface area contributed by atoms with Gasteiger partial charge in [0.05, 0.1) is 5.69 Å². The van der Waals surface area contributed by atoms with Crippen molar-refractivity contribution in [1.29, 1.82) is 0 Å². The van der Waals surface area contributed by atoms with Gasteiger partial charge in [-0.05, 0) is 12.5 Å². The molecule has 1 unspecified atom stereocenters. The summed E-state index contributed by atoms with van der Waals surface area (Å²) in [6, 6.07) is 10.1. The Kier molecular flexibility index (Phi) is 3.30. The molecule has 1 atom stereocenters. The van der Waals surface area contributed by atoms with Crippen molar-refractivity contribution in [2.75, 3.05) is 11.4 Å². The standard InChI is InChI=1S/C15H17N3OS/c1-10-14(11-6-4-3-5-7-11)15(17(2)16-10)18-9-12(20)8-13(18)19/h3-7,12,20H,8-9H2,1-2H3. The number of thiol groups is 1. The summed E-state index contributed by atoms with van der Waals surface area (Å²) in [4.78, 5) is 14.0. The fraction of sp³-hybridized carbons (Fsp3) is 0.333. The molecule has 0 bridgehead atoms. The SMILES string of the molecule is Cc1nn(C)c(N2CC(S)CC2=O)c1-c1ccccc1. The zero-order chi connectivity index (χ0) is 14.3. The van der Waals surface area contributed by atoms with Crippen LogP contribution in [0.25, 0.3) is 11.1 Å². The zero-order valence-corrected chi connectivity index (χ0v) is 12.5. The minimum Gasteiger partial charge on any atom is -0.295 e. The summed E-state index contributed by atoms with van der Waals surface area (Å²) in [5.74, 6) is 0.987. The van der Waals surface area contributed by atoms with E-state index < -0.39 is 0 Å². The molecule has 1 fully saturated rings. The van der Waals surface area contributed by atoms with Crippen LogP contribution in [0, 0.1) is 6.92 Å². The van der Waals surface area contributed by atoms with E-state index in [1.54, 1.807) is 9.58 Å². The minimum atomic E-state index is 0.0985. The number of benzene rings is 1. The van der Waals surface area contributed by atoms with Gasteiger partial charge < -0.3 is 0 Å². The van der Waals surface area contributed by atoms with Crippen molar-refractivity contribution in [3.05, 3.63) is 36.0 Å². The Labute approximate surface area is 123 Å². The van der Waals surface area contributed by atoms with E-state index in [0.29, 0.717) is 13.0 Å². The molecule has 0 radical (unpaired) electrons. The molecule has 1 amide bonds. The fourth-order valence-corrected chi connectivity index (χ4v) is 3.11. The Hall–Kier alpha value is -1.75. The average Bonchev–Trinajstić information content (AvgIpc) is 2.89. The van der Waals surface area contributed by atoms with Crippen molar-refractivity contribution in [2.45, 2.75) is 18.6 Å². The summed E-state index contributed by atoms with van der Waals surface area (Å²) in [6.45, 7) is 2.62. The molecule has 20 heavy (non-hydrogen) atoms. The van der Waals surface area contributed by atoms with Crippen molar-refractivity contribution >= 4 is 24.4 Å². The Bertz CT molecular complexity index is 651. The van der Waals surface area contributed by atoms with Gasteiger partial charge in [-0.2, -0.15) is 17.7 Å². The smallest absolute Gasteiger partial charge is 0.229 e. The highest BCUT2D eigenvalue weighted by atomic mass is 32.1. The number of carbonyl (C=O) groups is 1. The zero-order valence-electron chi connectivity index (χ0n) is 11.6. The first-order chi connectivity index (χ1) is 9.58.